The van der Waals surface area contributed by atoms with E-state index in [1.165, 1.54) is 25.9 Å². The molecule has 1 nitrogen and oxygen atoms in total. The first-order chi connectivity index (χ1) is 5.20. The zero-order valence-corrected chi connectivity index (χ0v) is 10.3. The summed E-state index contributed by atoms with van der Waals surface area (Å²) in [4.78, 5) is 0. The molecule has 3 radical (unpaired) electrons. The van der Waals surface area contributed by atoms with Crippen LogP contribution in [0.5, 0.6) is 0 Å². The summed E-state index contributed by atoms with van der Waals surface area (Å²) in [5, 5.41) is 0. The van der Waals surface area contributed by atoms with Crippen LogP contribution in [0.3, 0.4) is 0 Å². The summed E-state index contributed by atoms with van der Waals surface area (Å²) in [6.07, 6.45) is 2.62. The quantitative estimate of drug-likeness (QED) is 0.573. The van der Waals surface area contributed by atoms with Gasteiger partial charge in [0, 0.05) is 8.31 Å². The smallest absolute Gasteiger partial charge is 0.124 e. The van der Waals surface area contributed by atoms with Crippen molar-refractivity contribution in [3.05, 3.63) is 0 Å². The third kappa shape index (κ3) is 6.78. The van der Waals surface area contributed by atoms with E-state index >= 15 is 0 Å². The van der Waals surface area contributed by atoms with Crippen LogP contribution in [-0.4, -0.2) is 35.2 Å². The minimum Gasteiger partial charge on any atom is -0.328 e. The summed E-state index contributed by atoms with van der Waals surface area (Å²) in [6.45, 7) is 12.0. The van der Waals surface area contributed by atoms with E-state index in [1.54, 1.807) is 0 Å². The first-order valence-electron chi connectivity index (χ1n) is 4.52. The first-order valence-corrected chi connectivity index (χ1v) is 8.97. The van der Waals surface area contributed by atoms with Crippen LogP contribution in [0.25, 0.3) is 0 Å². The molecule has 0 fully saturated rings. The van der Waals surface area contributed by atoms with Crippen LogP contribution in [0.15, 0.2) is 0 Å². The van der Waals surface area contributed by atoms with Crippen molar-refractivity contribution in [3.8, 4) is 0 Å². The fraction of sp³-hybridized carbons (Fsp3) is 1.00. The highest BCUT2D eigenvalue weighted by atomic mass is 29.2. The summed E-state index contributed by atoms with van der Waals surface area (Å²) in [5.74, 6) is 0. The third-order valence-corrected chi connectivity index (χ3v) is 4.87. The molecule has 0 aromatic carbocycles. The van der Waals surface area contributed by atoms with Crippen LogP contribution in [-0.2, 0) is 0 Å². The monoisotopic (exact) mass is 186 g/mol. The largest absolute Gasteiger partial charge is 0.328 e. The average molecular weight is 186 g/mol. The Morgan fingerprint density at radius 1 is 1.09 bits per heavy atom. The Balaban J connectivity index is 3.50. The fourth-order valence-electron chi connectivity index (χ4n) is 1.08. The molecule has 0 unspecified atom stereocenters. The van der Waals surface area contributed by atoms with Crippen molar-refractivity contribution in [1.82, 2.24) is 4.57 Å². The highest BCUT2D eigenvalue weighted by Crippen LogP contribution is 1.93. The molecular formula is C8H20NSi2. The summed E-state index contributed by atoms with van der Waals surface area (Å²) in [6, 6.07) is 0. The number of hydrogen-bond acceptors (Lipinski definition) is 1. The molecule has 0 aliphatic rings. The molecule has 0 aromatic rings. The maximum absolute atomic E-state index is 2.63. The van der Waals surface area contributed by atoms with Crippen molar-refractivity contribution in [1.29, 1.82) is 0 Å². The minimum absolute atomic E-state index is 0.0235. The summed E-state index contributed by atoms with van der Waals surface area (Å²) >= 11 is 0. The van der Waals surface area contributed by atoms with Gasteiger partial charge in [0.25, 0.3) is 0 Å². The summed E-state index contributed by atoms with van der Waals surface area (Å²) in [7, 11) is 1.11. The molecule has 0 bridgehead atoms. The summed E-state index contributed by atoms with van der Waals surface area (Å²) in [5.41, 5.74) is 0. The molecule has 0 spiro atoms. The molecule has 0 amide bonds. The Bertz CT molecular complexity index is 80.2. The van der Waals surface area contributed by atoms with Crippen LogP contribution in [0.4, 0.5) is 0 Å². The normalized spacial score (nSPS) is 11.5. The van der Waals surface area contributed by atoms with Gasteiger partial charge in [-0.25, -0.2) is 0 Å². The van der Waals surface area contributed by atoms with Gasteiger partial charge in [0.1, 0.15) is 9.20 Å². The molecule has 0 aromatic heterocycles. The lowest BCUT2D eigenvalue weighted by molar-refractivity contribution is 0.446. The van der Waals surface area contributed by atoms with Gasteiger partial charge in [-0.3, -0.25) is 0 Å². The van der Waals surface area contributed by atoms with E-state index in [-0.39, 0.29) is 8.31 Å². The average Bonchev–Trinajstić information content (AvgIpc) is 1.87. The number of nitrogens with zero attached hydrogens (tertiary/aromatic N) is 1. The molecule has 11 heavy (non-hydrogen) atoms. The predicted octanol–water partition coefficient (Wildman–Crippen LogP) is 1.98. The predicted molar refractivity (Wildman–Crippen MR) is 55.4 cm³/mol. The second-order valence-corrected chi connectivity index (χ2v) is 9.63. The minimum atomic E-state index is -0.0235. The molecule has 0 aliphatic heterocycles. The molecule has 0 saturated carbocycles. The number of hydrogen-bond donors (Lipinski definition) is 0. The standard InChI is InChI=1S/C8H20NSi2/c1-5-7-9(8-6-2)10-11(3)4/h5-8H2,1-4H3. The van der Waals surface area contributed by atoms with Gasteiger partial charge >= 0.3 is 0 Å². The van der Waals surface area contributed by atoms with Gasteiger partial charge in [-0.05, 0) is 25.9 Å². The maximum Gasteiger partial charge on any atom is 0.124 e. The van der Waals surface area contributed by atoms with Gasteiger partial charge < -0.3 is 4.57 Å². The van der Waals surface area contributed by atoms with E-state index in [0.717, 1.165) is 9.20 Å². The topological polar surface area (TPSA) is 3.24 Å². The molecule has 0 N–H and O–H groups in total. The van der Waals surface area contributed by atoms with E-state index in [2.05, 4.69) is 31.5 Å². The van der Waals surface area contributed by atoms with Crippen LogP contribution in [0, 0.1) is 0 Å². The van der Waals surface area contributed by atoms with Crippen molar-refractivity contribution in [2.45, 2.75) is 39.8 Å². The lowest BCUT2D eigenvalue weighted by atomic mass is 10.4. The molecule has 0 saturated heterocycles. The van der Waals surface area contributed by atoms with E-state index in [4.69, 9.17) is 0 Å². The van der Waals surface area contributed by atoms with Crippen molar-refractivity contribution in [3.63, 3.8) is 0 Å². The molecule has 65 valence electrons. The third-order valence-electron chi connectivity index (χ3n) is 1.37. The molecule has 0 aliphatic carbocycles. The molecular weight excluding hydrogens is 166 g/mol. The van der Waals surface area contributed by atoms with Crippen LogP contribution in [0.1, 0.15) is 26.7 Å². The van der Waals surface area contributed by atoms with Gasteiger partial charge in [0.15, 0.2) is 0 Å². The maximum atomic E-state index is 2.63. The lowest BCUT2D eigenvalue weighted by Gasteiger charge is -2.21. The Kier molecular flexibility index (Phi) is 7.32. The molecule has 0 atom stereocenters. The van der Waals surface area contributed by atoms with Gasteiger partial charge in [0.2, 0.25) is 0 Å². The zero-order chi connectivity index (χ0) is 8.69. The van der Waals surface area contributed by atoms with Crippen molar-refractivity contribution in [2.75, 3.05) is 13.1 Å². The van der Waals surface area contributed by atoms with E-state index in [1.807, 2.05) is 0 Å². The Labute approximate surface area is 75.5 Å². The second kappa shape index (κ2) is 7.07. The van der Waals surface area contributed by atoms with E-state index in [9.17, 15) is 0 Å². The Morgan fingerprint density at radius 3 is 1.82 bits per heavy atom. The fourth-order valence-corrected chi connectivity index (χ4v) is 4.95. The van der Waals surface area contributed by atoms with Gasteiger partial charge in [0.05, 0.1) is 0 Å². The van der Waals surface area contributed by atoms with Crippen LogP contribution in [0.2, 0.25) is 13.1 Å². The van der Waals surface area contributed by atoms with Crippen molar-refractivity contribution >= 4 is 17.5 Å². The first kappa shape index (κ1) is 11.4. The Morgan fingerprint density at radius 2 is 1.55 bits per heavy atom. The molecule has 0 rings (SSSR count). The highest BCUT2D eigenvalue weighted by Gasteiger charge is 2.06. The SMILES string of the molecule is CCCN(CCC)[Si][Si](C)C. The molecule has 0 heterocycles. The summed E-state index contributed by atoms with van der Waals surface area (Å²) < 4.78 is 2.63. The highest BCUT2D eigenvalue weighted by molar-refractivity contribution is 7.09. The van der Waals surface area contributed by atoms with Crippen molar-refractivity contribution < 1.29 is 0 Å². The van der Waals surface area contributed by atoms with Crippen molar-refractivity contribution in [2.24, 2.45) is 0 Å². The van der Waals surface area contributed by atoms with Gasteiger partial charge in [-0.2, -0.15) is 0 Å². The lowest BCUT2D eigenvalue weighted by Crippen LogP contribution is -2.36. The number of rotatable bonds is 6. The van der Waals surface area contributed by atoms with Gasteiger partial charge in [-0.15, -0.1) is 0 Å². The zero-order valence-electron chi connectivity index (χ0n) is 8.28. The molecule has 3 heteroatoms. The Hall–Kier alpha value is 0.394. The second-order valence-electron chi connectivity index (χ2n) is 3.10. The van der Waals surface area contributed by atoms with Gasteiger partial charge in [-0.1, -0.05) is 26.9 Å². The van der Waals surface area contributed by atoms with Crippen LogP contribution >= 0.6 is 0 Å². The van der Waals surface area contributed by atoms with E-state index in [0.29, 0.717) is 0 Å². The van der Waals surface area contributed by atoms with Crippen LogP contribution < -0.4 is 0 Å². The van der Waals surface area contributed by atoms with E-state index < -0.39 is 0 Å².